The number of esters is 1. The van der Waals surface area contributed by atoms with Gasteiger partial charge in [0, 0.05) is 12.6 Å². The molecule has 0 spiro atoms. The zero-order chi connectivity index (χ0) is 19.3. The lowest BCUT2D eigenvalue weighted by molar-refractivity contribution is -0.168. The topological polar surface area (TPSA) is 92.9 Å². The van der Waals surface area contributed by atoms with Gasteiger partial charge in [-0.25, -0.2) is 4.79 Å². The van der Waals surface area contributed by atoms with Crippen LogP contribution in [0.5, 0.6) is 0 Å². The van der Waals surface area contributed by atoms with Crippen molar-refractivity contribution in [3.05, 3.63) is 35.9 Å². The van der Waals surface area contributed by atoms with Gasteiger partial charge >= 0.3 is 5.97 Å². The summed E-state index contributed by atoms with van der Waals surface area (Å²) in [6.45, 7) is 5.82. The molecule has 1 saturated heterocycles. The largest absolute Gasteiger partial charge is 0.458 e. The molecule has 6 nitrogen and oxygen atoms in total. The summed E-state index contributed by atoms with van der Waals surface area (Å²) in [5, 5.41) is 10.5. The van der Waals surface area contributed by atoms with Gasteiger partial charge in [0.1, 0.15) is 17.7 Å². The maximum absolute atomic E-state index is 12.8. The van der Waals surface area contributed by atoms with E-state index in [1.165, 1.54) is 4.90 Å². The molecule has 1 heterocycles. The molecule has 0 aliphatic carbocycles. The van der Waals surface area contributed by atoms with Gasteiger partial charge in [-0.1, -0.05) is 30.3 Å². The molecule has 2 rings (SSSR count). The molecule has 3 atom stereocenters. The number of nitrogens with zero attached hydrogens (tertiary/aromatic N) is 1. The highest BCUT2D eigenvalue weighted by atomic mass is 16.6. The molecule has 0 aromatic heterocycles. The van der Waals surface area contributed by atoms with E-state index in [9.17, 15) is 14.7 Å². The number of rotatable bonds is 5. The zero-order valence-corrected chi connectivity index (χ0v) is 15.9. The lowest BCUT2D eigenvalue weighted by Gasteiger charge is -2.37. The summed E-state index contributed by atoms with van der Waals surface area (Å²) in [4.78, 5) is 26.7. The minimum atomic E-state index is -1.35. The van der Waals surface area contributed by atoms with Crippen LogP contribution in [0.1, 0.15) is 45.6 Å². The average Bonchev–Trinajstić information content (AvgIpc) is 2.59. The van der Waals surface area contributed by atoms with E-state index in [1.807, 2.05) is 30.3 Å². The van der Waals surface area contributed by atoms with Gasteiger partial charge in [0.05, 0.1) is 0 Å². The van der Waals surface area contributed by atoms with E-state index >= 15 is 0 Å². The molecule has 0 unspecified atom stereocenters. The standard InChI is InChI=1S/C20H30N2O4/c1-20(2,3)26-19(25)16-11-7-8-12-22(16)18(24)17(23)15(21)13-14-9-5-4-6-10-14/h4-6,9-10,15-17,23H,7-8,11-13,21H2,1-3H3/t15-,16-,17-/m0/s1. The first-order valence-electron chi connectivity index (χ1n) is 9.20. The average molecular weight is 362 g/mol. The van der Waals surface area contributed by atoms with E-state index < -0.39 is 35.7 Å². The van der Waals surface area contributed by atoms with Crippen LogP contribution >= 0.6 is 0 Å². The van der Waals surface area contributed by atoms with Crippen LogP contribution in [0, 0.1) is 0 Å². The zero-order valence-electron chi connectivity index (χ0n) is 15.9. The van der Waals surface area contributed by atoms with Gasteiger partial charge in [0.2, 0.25) is 0 Å². The van der Waals surface area contributed by atoms with Crippen LogP contribution < -0.4 is 5.73 Å². The first-order chi connectivity index (χ1) is 12.2. The van der Waals surface area contributed by atoms with Crippen LogP contribution in [0.15, 0.2) is 30.3 Å². The predicted octanol–water partition coefficient (Wildman–Crippen LogP) is 1.64. The number of ether oxygens (including phenoxy) is 1. The Kier molecular flexibility index (Phi) is 6.78. The maximum atomic E-state index is 12.8. The number of hydrogen-bond acceptors (Lipinski definition) is 5. The van der Waals surface area contributed by atoms with Gasteiger partial charge < -0.3 is 20.5 Å². The van der Waals surface area contributed by atoms with Gasteiger partial charge in [0.25, 0.3) is 5.91 Å². The molecule has 1 aliphatic heterocycles. The Morgan fingerprint density at radius 2 is 1.92 bits per heavy atom. The molecular weight excluding hydrogens is 332 g/mol. The van der Waals surface area contributed by atoms with E-state index in [1.54, 1.807) is 20.8 Å². The highest BCUT2D eigenvalue weighted by Crippen LogP contribution is 2.22. The van der Waals surface area contributed by atoms with E-state index in [-0.39, 0.29) is 0 Å². The number of amides is 1. The van der Waals surface area contributed by atoms with Crippen molar-refractivity contribution in [1.29, 1.82) is 0 Å². The molecule has 144 valence electrons. The van der Waals surface area contributed by atoms with E-state index in [4.69, 9.17) is 10.5 Å². The van der Waals surface area contributed by atoms with Gasteiger partial charge in [-0.05, 0) is 52.0 Å². The Morgan fingerprint density at radius 3 is 2.54 bits per heavy atom. The summed E-state index contributed by atoms with van der Waals surface area (Å²) >= 11 is 0. The molecule has 0 bridgehead atoms. The number of carbonyl (C=O) groups excluding carboxylic acids is 2. The first-order valence-corrected chi connectivity index (χ1v) is 9.20. The minimum absolute atomic E-state index is 0.388. The Balaban J connectivity index is 2.05. The highest BCUT2D eigenvalue weighted by molar-refractivity contribution is 5.87. The van der Waals surface area contributed by atoms with Crippen LogP contribution in [-0.4, -0.2) is 52.2 Å². The number of piperidine rings is 1. The second-order valence-corrected chi connectivity index (χ2v) is 7.88. The molecule has 26 heavy (non-hydrogen) atoms. The number of carbonyl (C=O) groups is 2. The summed E-state index contributed by atoms with van der Waals surface area (Å²) in [5.74, 6) is -0.918. The van der Waals surface area contributed by atoms with Crippen molar-refractivity contribution in [2.75, 3.05) is 6.54 Å². The van der Waals surface area contributed by atoms with E-state index in [2.05, 4.69) is 0 Å². The Labute approximate surface area is 155 Å². The molecular formula is C20H30N2O4. The van der Waals surface area contributed by atoms with Crippen molar-refractivity contribution in [2.24, 2.45) is 5.73 Å². The first kappa shape index (κ1) is 20.4. The molecule has 1 aliphatic rings. The van der Waals surface area contributed by atoms with Gasteiger partial charge in [-0.3, -0.25) is 4.79 Å². The fourth-order valence-electron chi connectivity index (χ4n) is 3.16. The maximum Gasteiger partial charge on any atom is 0.329 e. The third-order valence-corrected chi connectivity index (χ3v) is 4.44. The second kappa shape index (κ2) is 8.64. The summed E-state index contributed by atoms with van der Waals surface area (Å²) in [5.41, 5.74) is 6.40. The van der Waals surface area contributed by atoms with Gasteiger partial charge in [0.15, 0.2) is 0 Å². The van der Waals surface area contributed by atoms with E-state index in [0.29, 0.717) is 19.4 Å². The van der Waals surface area contributed by atoms with E-state index in [0.717, 1.165) is 18.4 Å². The van der Waals surface area contributed by atoms with Crippen molar-refractivity contribution < 1.29 is 19.4 Å². The Morgan fingerprint density at radius 1 is 1.27 bits per heavy atom. The molecule has 1 fully saturated rings. The second-order valence-electron chi connectivity index (χ2n) is 7.88. The summed E-state index contributed by atoms with van der Waals surface area (Å²) in [6, 6.07) is 8.09. The summed E-state index contributed by atoms with van der Waals surface area (Å²) in [6.07, 6.45) is 1.23. The number of benzene rings is 1. The van der Waals surface area contributed by atoms with Crippen LogP contribution in [0.25, 0.3) is 0 Å². The van der Waals surface area contributed by atoms with Crippen LogP contribution in [0.3, 0.4) is 0 Å². The molecule has 0 radical (unpaired) electrons. The number of aliphatic hydroxyl groups excluding tert-OH is 1. The smallest absolute Gasteiger partial charge is 0.329 e. The SMILES string of the molecule is CC(C)(C)OC(=O)[C@@H]1CCCCN1C(=O)[C@@H](O)[C@@H](N)Cc1ccccc1. The van der Waals surface area contributed by atoms with Crippen molar-refractivity contribution in [3.63, 3.8) is 0 Å². The third-order valence-electron chi connectivity index (χ3n) is 4.44. The number of nitrogens with two attached hydrogens (primary N) is 1. The molecule has 6 heteroatoms. The Hall–Kier alpha value is -1.92. The van der Waals surface area contributed by atoms with Gasteiger partial charge in [-0.2, -0.15) is 0 Å². The summed E-state index contributed by atoms with van der Waals surface area (Å²) < 4.78 is 5.45. The number of likely N-dealkylation sites (tertiary alicyclic amines) is 1. The van der Waals surface area contributed by atoms with Crippen molar-refractivity contribution in [3.8, 4) is 0 Å². The molecule has 1 amide bonds. The third kappa shape index (κ3) is 5.54. The van der Waals surface area contributed by atoms with Crippen LogP contribution in [0.4, 0.5) is 0 Å². The number of aliphatic hydroxyl groups is 1. The van der Waals surface area contributed by atoms with Crippen LogP contribution in [-0.2, 0) is 20.7 Å². The molecule has 1 aromatic carbocycles. The van der Waals surface area contributed by atoms with Gasteiger partial charge in [-0.15, -0.1) is 0 Å². The number of hydrogen-bond donors (Lipinski definition) is 2. The minimum Gasteiger partial charge on any atom is -0.458 e. The fraction of sp³-hybridized carbons (Fsp3) is 0.600. The fourth-order valence-corrected chi connectivity index (χ4v) is 3.16. The normalized spacial score (nSPS) is 20.3. The lowest BCUT2D eigenvalue weighted by Crippen LogP contribution is -2.56. The quantitative estimate of drug-likeness (QED) is 0.777. The molecule has 0 saturated carbocycles. The summed E-state index contributed by atoms with van der Waals surface area (Å²) in [7, 11) is 0. The van der Waals surface area contributed by atoms with Crippen LogP contribution in [0.2, 0.25) is 0 Å². The highest BCUT2D eigenvalue weighted by Gasteiger charge is 2.38. The molecule has 1 aromatic rings. The van der Waals surface area contributed by atoms with Crippen molar-refractivity contribution >= 4 is 11.9 Å². The molecule has 3 N–H and O–H groups in total. The lowest BCUT2D eigenvalue weighted by atomic mass is 9.97. The monoisotopic (exact) mass is 362 g/mol. The van der Waals surface area contributed by atoms with Crippen molar-refractivity contribution in [1.82, 2.24) is 4.90 Å². The van der Waals surface area contributed by atoms with Crippen molar-refractivity contribution in [2.45, 2.75) is 70.2 Å². The predicted molar refractivity (Wildman–Crippen MR) is 99.3 cm³/mol. The Bertz CT molecular complexity index is 612.